The lowest BCUT2D eigenvalue weighted by molar-refractivity contribution is 0.0310. The molecule has 92 valence electrons. The Morgan fingerprint density at radius 1 is 1.35 bits per heavy atom. The lowest BCUT2D eigenvalue weighted by atomic mass is 9.99. The van der Waals surface area contributed by atoms with Crippen LogP contribution in [-0.2, 0) is 6.54 Å². The first-order valence-corrected chi connectivity index (χ1v) is 6.36. The average molecular weight is 233 g/mol. The van der Waals surface area contributed by atoms with Gasteiger partial charge in [-0.1, -0.05) is 0 Å². The predicted octanol–water partition coefficient (Wildman–Crippen LogP) is 1.15. The summed E-state index contributed by atoms with van der Waals surface area (Å²) in [7, 11) is 0. The number of nitrogens with two attached hydrogens (primary N) is 1. The van der Waals surface area contributed by atoms with Gasteiger partial charge in [0.15, 0.2) is 0 Å². The monoisotopic (exact) mass is 233 g/mol. The Balaban J connectivity index is 1.74. The smallest absolute Gasteiger partial charge is 0.123 e. The van der Waals surface area contributed by atoms with Crippen LogP contribution in [0.1, 0.15) is 31.2 Å². The van der Waals surface area contributed by atoms with Crippen LogP contribution in [-0.4, -0.2) is 33.2 Å². The molecule has 1 aromatic heterocycles. The largest absolute Gasteiger partial charge is 0.393 e. The van der Waals surface area contributed by atoms with Gasteiger partial charge in [-0.25, -0.2) is 4.98 Å². The second-order valence-electron chi connectivity index (χ2n) is 5.27. The molecule has 3 rings (SSSR count). The van der Waals surface area contributed by atoms with Crippen molar-refractivity contribution in [2.75, 3.05) is 5.73 Å². The Labute approximate surface area is 101 Å². The van der Waals surface area contributed by atoms with Crippen molar-refractivity contribution < 1.29 is 5.11 Å². The highest BCUT2D eigenvalue weighted by Crippen LogP contribution is 2.36. The molecule has 0 aromatic carbocycles. The quantitative estimate of drug-likeness (QED) is 0.804. The summed E-state index contributed by atoms with van der Waals surface area (Å²) in [5, 5.41) is 9.76. The van der Waals surface area contributed by atoms with E-state index in [1.54, 1.807) is 6.20 Å². The van der Waals surface area contributed by atoms with Crippen LogP contribution in [0.4, 0.5) is 5.82 Å². The zero-order chi connectivity index (χ0) is 11.8. The van der Waals surface area contributed by atoms with Gasteiger partial charge in [0.25, 0.3) is 0 Å². The zero-order valence-corrected chi connectivity index (χ0v) is 9.92. The topological polar surface area (TPSA) is 62.4 Å². The summed E-state index contributed by atoms with van der Waals surface area (Å²) in [6.45, 7) is 0.939. The molecule has 1 aromatic rings. The Morgan fingerprint density at radius 2 is 2.06 bits per heavy atom. The van der Waals surface area contributed by atoms with Crippen molar-refractivity contribution in [1.29, 1.82) is 0 Å². The summed E-state index contributed by atoms with van der Waals surface area (Å²) in [4.78, 5) is 6.55. The minimum Gasteiger partial charge on any atom is -0.393 e. The molecule has 2 fully saturated rings. The normalized spacial score (nSPS) is 32.9. The van der Waals surface area contributed by atoms with E-state index in [0.717, 1.165) is 19.4 Å². The van der Waals surface area contributed by atoms with Crippen molar-refractivity contribution >= 4 is 5.82 Å². The fourth-order valence-electron chi connectivity index (χ4n) is 3.31. The number of nitrogens with zero attached hydrogens (tertiary/aromatic N) is 2. The number of rotatable bonds is 2. The molecule has 2 atom stereocenters. The maximum absolute atomic E-state index is 9.76. The molecular weight excluding hydrogens is 214 g/mol. The molecule has 0 radical (unpaired) electrons. The SMILES string of the molecule is Nc1cc(CN2C3CCC2CC(O)C3)ccn1. The van der Waals surface area contributed by atoms with Crippen molar-refractivity contribution in [3.05, 3.63) is 23.9 Å². The molecule has 4 nitrogen and oxygen atoms in total. The summed E-state index contributed by atoms with van der Waals surface area (Å²) in [6.07, 6.45) is 5.98. The number of piperidine rings is 1. The van der Waals surface area contributed by atoms with E-state index in [4.69, 9.17) is 5.73 Å². The maximum atomic E-state index is 9.76. The van der Waals surface area contributed by atoms with Crippen molar-refractivity contribution in [2.24, 2.45) is 0 Å². The summed E-state index contributed by atoms with van der Waals surface area (Å²) < 4.78 is 0. The molecule has 2 saturated heterocycles. The van der Waals surface area contributed by atoms with Crippen LogP contribution < -0.4 is 5.73 Å². The first kappa shape index (κ1) is 11.0. The Morgan fingerprint density at radius 3 is 2.71 bits per heavy atom. The van der Waals surface area contributed by atoms with Gasteiger partial charge in [-0.2, -0.15) is 0 Å². The molecule has 3 heterocycles. The van der Waals surface area contributed by atoms with E-state index >= 15 is 0 Å². The molecule has 2 aliphatic rings. The number of aliphatic hydroxyl groups excluding tert-OH is 1. The van der Waals surface area contributed by atoms with Crippen molar-refractivity contribution in [2.45, 2.75) is 50.4 Å². The van der Waals surface area contributed by atoms with Crippen LogP contribution in [0.3, 0.4) is 0 Å². The van der Waals surface area contributed by atoms with Crippen molar-refractivity contribution in [3.8, 4) is 0 Å². The van der Waals surface area contributed by atoms with Crippen molar-refractivity contribution in [3.63, 3.8) is 0 Å². The number of aromatic nitrogens is 1. The Hall–Kier alpha value is -1.13. The molecule has 2 aliphatic heterocycles. The highest BCUT2D eigenvalue weighted by Gasteiger charge is 2.39. The molecule has 0 spiro atoms. The van der Waals surface area contributed by atoms with Gasteiger partial charge in [0, 0.05) is 24.8 Å². The molecule has 4 heteroatoms. The zero-order valence-electron chi connectivity index (χ0n) is 9.92. The molecule has 0 amide bonds. The third-order valence-electron chi connectivity index (χ3n) is 4.07. The van der Waals surface area contributed by atoms with E-state index in [-0.39, 0.29) is 6.10 Å². The van der Waals surface area contributed by atoms with Gasteiger partial charge in [-0.3, -0.25) is 4.90 Å². The summed E-state index contributed by atoms with van der Waals surface area (Å²) in [5.74, 6) is 0.590. The van der Waals surface area contributed by atoms with Crippen LogP contribution >= 0.6 is 0 Å². The standard InChI is InChI=1S/C13H19N3O/c14-13-5-9(3-4-15-13)8-16-10-1-2-11(16)7-12(17)6-10/h3-5,10-12,17H,1-2,6-8H2,(H2,14,15). The Bertz CT molecular complexity index is 395. The molecule has 17 heavy (non-hydrogen) atoms. The number of anilines is 1. The van der Waals surface area contributed by atoms with Crippen LogP contribution in [0.15, 0.2) is 18.3 Å². The fraction of sp³-hybridized carbons (Fsp3) is 0.615. The summed E-state index contributed by atoms with van der Waals surface area (Å²) in [5.41, 5.74) is 6.93. The summed E-state index contributed by atoms with van der Waals surface area (Å²) >= 11 is 0. The highest BCUT2D eigenvalue weighted by molar-refractivity contribution is 5.31. The minimum absolute atomic E-state index is 0.0914. The molecule has 0 saturated carbocycles. The maximum Gasteiger partial charge on any atom is 0.123 e. The predicted molar refractivity (Wildman–Crippen MR) is 66.2 cm³/mol. The van der Waals surface area contributed by atoms with Gasteiger partial charge in [-0.05, 0) is 43.4 Å². The Kier molecular flexibility index (Phi) is 2.76. The van der Waals surface area contributed by atoms with Crippen LogP contribution in [0, 0.1) is 0 Å². The number of fused-ring (bicyclic) bond motifs is 2. The highest BCUT2D eigenvalue weighted by atomic mass is 16.3. The van der Waals surface area contributed by atoms with E-state index in [1.165, 1.54) is 18.4 Å². The van der Waals surface area contributed by atoms with Gasteiger partial charge >= 0.3 is 0 Å². The lowest BCUT2D eigenvalue weighted by Gasteiger charge is -2.37. The van der Waals surface area contributed by atoms with Gasteiger partial charge < -0.3 is 10.8 Å². The number of nitrogen functional groups attached to an aromatic ring is 1. The first-order chi connectivity index (χ1) is 8.22. The van der Waals surface area contributed by atoms with Crippen LogP contribution in [0.25, 0.3) is 0 Å². The molecule has 3 N–H and O–H groups in total. The number of pyridine rings is 1. The number of hydrogen-bond donors (Lipinski definition) is 2. The molecular formula is C13H19N3O. The van der Waals surface area contributed by atoms with Gasteiger partial charge in [0.2, 0.25) is 0 Å². The second kappa shape index (κ2) is 4.27. The van der Waals surface area contributed by atoms with Gasteiger partial charge in [-0.15, -0.1) is 0 Å². The minimum atomic E-state index is -0.0914. The van der Waals surface area contributed by atoms with E-state index in [2.05, 4.69) is 9.88 Å². The molecule has 2 bridgehead atoms. The summed E-state index contributed by atoms with van der Waals surface area (Å²) in [6, 6.07) is 5.09. The van der Waals surface area contributed by atoms with Crippen molar-refractivity contribution in [1.82, 2.24) is 9.88 Å². The van der Waals surface area contributed by atoms with E-state index in [0.29, 0.717) is 17.9 Å². The molecule has 2 unspecified atom stereocenters. The van der Waals surface area contributed by atoms with Gasteiger partial charge in [0.1, 0.15) is 5.82 Å². The van der Waals surface area contributed by atoms with Crippen LogP contribution in [0.5, 0.6) is 0 Å². The molecule has 0 aliphatic carbocycles. The second-order valence-corrected chi connectivity index (χ2v) is 5.27. The number of aliphatic hydroxyl groups is 1. The van der Waals surface area contributed by atoms with E-state index < -0.39 is 0 Å². The fourth-order valence-corrected chi connectivity index (χ4v) is 3.31. The first-order valence-electron chi connectivity index (χ1n) is 6.36. The average Bonchev–Trinajstić information content (AvgIpc) is 2.54. The van der Waals surface area contributed by atoms with E-state index in [9.17, 15) is 5.11 Å². The number of hydrogen-bond acceptors (Lipinski definition) is 4. The van der Waals surface area contributed by atoms with Gasteiger partial charge in [0.05, 0.1) is 6.10 Å². The van der Waals surface area contributed by atoms with Crippen LogP contribution in [0.2, 0.25) is 0 Å². The third kappa shape index (κ3) is 2.15. The van der Waals surface area contributed by atoms with E-state index in [1.807, 2.05) is 12.1 Å². The third-order valence-corrected chi connectivity index (χ3v) is 4.07. The lowest BCUT2D eigenvalue weighted by Crippen LogP contribution is -2.44.